The van der Waals surface area contributed by atoms with E-state index in [4.69, 9.17) is 5.73 Å². The molecule has 0 aliphatic rings. The van der Waals surface area contributed by atoms with Crippen LogP contribution in [-0.4, -0.2) is 11.4 Å². The van der Waals surface area contributed by atoms with Crippen LogP contribution >= 0.6 is 11.3 Å². The van der Waals surface area contributed by atoms with Crippen LogP contribution in [0.25, 0.3) is 0 Å². The number of carbonyl (C=O) groups excluding carboxylic acids is 1. The first-order valence-corrected chi connectivity index (χ1v) is 5.99. The number of nitrogens with one attached hydrogen (secondary N) is 1. The van der Waals surface area contributed by atoms with E-state index < -0.39 is 0 Å². The van der Waals surface area contributed by atoms with E-state index in [0.717, 1.165) is 12.8 Å². The Hall–Kier alpha value is -1.03. The molecule has 0 fully saturated rings. The van der Waals surface area contributed by atoms with Gasteiger partial charge in [-0.15, -0.1) is 11.3 Å². The minimum Gasteiger partial charge on any atom is -0.397 e. The number of amides is 1. The van der Waals surface area contributed by atoms with Gasteiger partial charge in [0.2, 0.25) is 0 Å². The maximum absolute atomic E-state index is 11.8. The van der Waals surface area contributed by atoms with Crippen molar-refractivity contribution in [1.82, 2.24) is 5.32 Å². The van der Waals surface area contributed by atoms with Gasteiger partial charge in [0.05, 0.1) is 5.69 Å². The number of nitrogen functional groups attached to an aromatic ring is 1. The fraction of sp³-hybridized carbons (Fsp3) is 0.545. The van der Waals surface area contributed by atoms with Gasteiger partial charge >= 0.3 is 0 Å². The summed E-state index contributed by atoms with van der Waals surface area (Å²) < 4.78 is 0. The van der Waals surface area contributed by atoms with Crippen molar-refractivity contribution in [2.24, 2.45) is 0 Å². The largest absolute Gasteiger partial charge is 0.397 e. The molecule has 0 spiro atoms. The van der Waals surface area contributed by atoms with E-state index >= 15 is 0 Å². The number of anilines is 1. The number of hydrogen-bond acceptors (Lipinski definition) is 3. The van der Waals surface area contributed by atoms with E-state index in [1.165, 1.54) is 11.3 Å². The molecular formula is C11H18N2OS. The summed E-state index contributed by atoms with van der Waals surface area (Å²) in [6.07, 6.45) is 2.01. The van der Waals surface area contributed by atoms with Crippen molar-refractivity contribution < 1.29 is 4.79 Å². The van der Waals surface area contributed by atoms with Crippen LogP contribution < -0.4 is 11.1 Å². The summed E-state index contributed by atoms with van der Waals surface area (Å²) in [6.45, 7) is 6.16. The highest BCUT2D eigenvalue weighted by Crippen LogP contribution is 2.20. The number of hydrogen-bond donors (Lipinski definition) is 2. The first-order valence-electron chi connectivity index (χ1n) is 5.12. The van der Waals surface area contributed by atoms with Gasteiger partial charge < -0.3 is 11.1 Å². The summed E-state index contributed by atoms with van der Waals surface area (Å²) in [5, 5.41) is 4.82. The molecule has 1 amide bonds. The number of thiophene rings is 1. The molecule has 1 rings (SSSR count). The first-order chi connectivity index (χ1) is 6.96. The normalized spacial score (nSPS) is 11.4. The fourth-order valence-corrected chi connectivity index (χ4v) is 2.27. The number of nitrogens with two attached hydrogens (primary N) is 1. The molecule has 0 bridgehead atoms. The van der Waals surface area contributed by atoms with Crippen LogP contribution in [0, 0.1) is 0 Å². The molecule has 1 aromatic rings. The van der Waals surface area contributed by atoms with Crippen LogP contribution in [0.4, 0.5) is 5.69 Å². The Morgan fingerprint density at radius 3 is 2.73 bits per heavy atom. The molecule has 0 aromatic carbocycles. The van der Waals surface area contributed by atoms with Crippen LogP contribution in [0.3, 0.4) is 0 Å². The summed E-state index contributed by atoms with van der Waals surface area (Å²) in [4.78, 5) is 12.4. The summed E-state index contributed by atoms with van der Waals surface area (Å²) in [5.74, 6) is -0.0686. The second kappa shape index (κ2) is 4.66. The number of carbonyl (C=O) groups is 1. The lowest BCUT2D eigenvalue weighted by molar-refractivity contribution is 0.0914. The van der Waals surface area contributed by atoms with Gasteiger partial charge in [0, 0.05) is 5.54 Å². The highest BCUT2D eigenvalue weighted by atomic mass is 32.1. The lowest BCUT2D eigenvalue weighted by Gasteiger charge is -2.25. The molecular weight excluding hydrogens is 208 g/mol. The standard InChI is InChI=1S/C11H18N2OS/c1-4-6-11(2,3)13-10(14)9-8(12)5-7-15-9/h5,7H,4,6,12H2,1-3H3,(H,13,14). The van der Waals surface area contributed by atoms with Crippen molar-refractivity contribution in [3.05, 3.63) is 16.3 Å². The Morgan fingerprint density at radius 2 is 2.27 bits per heavy atom. The molecule has 15 heavy (non-hydrogen) atoms. The Kier molecular flexibility index (Phi) is 3.74. The van der Waals surface area contributed by atoms with Crippen molar-refractivity contribution in [2.75, 3.05) is 5.73 Å². The Labute approximate surface area is 94.7 Å². The zero-order chi connectivity index (χ0) is 11.5. The zero-order valence-electron chi connectivity index (χ0n) is 9.46. The molecule has 0 aliphatic heterocycles. The smallest absolute Gasteiger partial charge is 0.263 e. The van der Waals surface area contributed by atoms with Crippen molar-refractivity contribution in [3.63, 3.8) is 0 Å². The molecule has 4 heteroatoms. The zero-order valence-corrected chi connectivity index (χ0v) is 10.3. The van der Waals surface area contributed by atoms with E-state index in [1.54, 1.807) is 6.07 Å². The van der Waals surface area contributed by atoms with E-state index in [0.29, 0.717) is 10.6 Å². The van der Waals surface area contributed by atoms with Gasteiger partial charge in [-0.25, -0.2) is 0 Å². The summed E-state index contributed by atoms with van der Waals surface area (Å²) in [7, 11) is 0. The lowest BCUT2D eigenvalue weighted by atomic mass is 9.99. The molecule has 0 saturated carbocycles. The SMILES string of the molecule is CCCC(C)(C)NC(=O)c1sccc1N. The van der Waals surface area contributed by atoms with Crippen LogP contribution in [0.15, 0.2) is 11.4 Å². The predicted molar refractivity (Wildman–Crippen MR) is 65.2 cm³/mol. The summed E-state index contributed by atoms with van der Waals surface area (Å²) in [6, 6.07) is 1.76. The fourth-order valence-electron chi connectivity index (χ4n) is 1.56. The molecule has 84 valence electrons. The second-order valence-electron chi connectivity index (χ2n) is 4.29. The van der Waals surface area contributed by atoms with Crippen LogP contribution in [0.2, 0.25) is 0 Å². The van der Waals surface area contributed by atoms with Crippen molar-refractivity contribution in [1.29, 1.82) is 0 Å². The van der Waals surface area contributed by atoms with Crippen LogP contribution in [0.1, 0.15) is 43.3 Å². The quantitative estimate of drug-likeness (QED) is 0.829. The van der Waals surface area contributed by atoms with Gasteiger partial charge in [-0.3, -0.25) is 4.79 Å². The van der Waals surface area contributed by atoms with Crippen molar-refractivity contribution >= 4 is 22.9 Å². The summed E-state index contributed by atoms with van der Waals surface area (Å²) >= 11 is 1.38. The highest BCUT2D eigenvalue weighted by Gasteiger charge is 2.21. The maximum Gasteiger partial charge on any atom is 0.263 e. The summed E-state index contributed by atoms with van der Waals surface area (Å²) in [5.41, 5.74) is 6.08. The third-order valence-electron chi connectivity index (χ3n) is 2.23. The molecule has 1 heterocycles. The molecule has 0 radical (unpaired) electrons. The molecule has 0 atom stereocenters. The Morgan fingerprint density at radius 1 is 1.60 bits per heavy atom. The minimum atomic E-state index is -0.164. The van der Waals surface area contributed by atoms with E-state index in [-0.39, 0.29) is 11.4 Å². The average Bonchev–Trinajstić information content (AvgIpc) is 2.50. The van der Waals surface area contributed by atoms with E-state index in [2.05, 4.69) is 12.2 Å². The Bertz CT molecular complexity index is 344. The predicted octanol–water partition coefficient (Wildman–Crippen LogP) is 2.64. The minimum absolute atomic E-state index is 0.0686. The Balaban J connectivity index is 2.68. The second-order valence-corrected chi connectivity index (χ2v) is 5.21. The van der Waals surface area contributed by atoms with Gasteiger partial charge in [-0.1, -0.05) is 13.3 Å². The van der Waals surface area contributed by atoms with Gasteiger partial charge in [0.25, 0.3) is 5.91 Å². The van der Waals surface area contributed by atoms with Crippen molar-refractivity contribution in [2.45, 2.75) is 39.2 Å². The van der Waals surface area contributed by atoms with E-state index in [9.17, 15) is 4.79 Å². The molecule has 0 saturated heterocycles. The molecule has 3 N–H and O–H groups in total. The average molecular weight is 226 g/mol. The number of rotatable bonds is 4. The van der Waals surface area contributed by atoms with Gasteiger partial charge in [0.15, 0.2) is 0 Å². The lowest BCUT2D eigenvalue weighted by Crippen LogP contribution is -2.43. The first kappa shape index (κ1) is 12.0. The van der Waals surface area contributed by atoms with E-state index in [1.807, 2.05) is 19.2 Å². The maximum atomic E-state index is 11.8. The van der Waals surface area contributed by atoms with Gasteiger partial charge in [0.1, 0.15) is 4.88 Å². The van der Waals surface area contributed by atoms with Crippen LogP contribution in [-0.2, 0) is 0 Å². The molecule has 0 aliphatic carbocycles. The van der Waals surface area contributed by atoms with Crippen LogP contribution in [0.5, 0.6) is 0 Å². The molecule has 0 unspecified atom stereocenters. The highest BCUT2D eigenvalue weighted by molar-refractivity contribution is 7.12. The third kappa shape index (κ3) is 3.23. The monoisotopic (exact) mass is 226 g/mol. The van der Waals surface area contributed by atoms with Crippen molar-refractivity contribution in [3.8, 4) is 0 Å². The van der Waals surface area contributed by atoms with Gasteiger partial charge in [-0.05, 0) is 31.7 Å². The molecule has 3 nitrogen and oxygen atoms in total. The topological polar surface area (TPSA) is 55.1 Å². The van der Waals surface area contributed by atoms with Gasteiger partial charge in [-0.2, -0.15) is 0 Å². The third-order valence-corrected chi connectivity index (χ3v) is 3.16. The molecule has 1 aromatic heterocycles.